The third kappa shape index (κ3) is 5.36. The molecule has 2 nitrogen and oxygen atoms in total. The maximum atomic E-state index is 5.42. The van der Waals surface area contributed by atoms with Gasteiger partial charge < -0.3 is 9.73 Å². The van der Waals surface area contributed by atoms with Gasteiger partial charge in [0.2, 0.25) is 0 Å². The van der Waals surface area contributed by atoms with Crippen LogP contribution in [-0.4, -0.2) is 13.1 Å². The van der Waals surface area contributed by atoms with Crippen molar-refractivity contribution in [2.24, 2.45) is 11.8 Å². The average Bonchev–Trinajstić information content (AvgIpc) is 2.69. The van der Waals surface area contributed by atoms with E-state index in [1.165, 1.54) is 12.8 Å². The SMILES string of the molecule is CCCNCC(Cc1ccco1)CC(C)C. The molecule has 16 heavy (non-hydrogen) atoms. The summed E-state index contributed by atoms with van der Waals surface area (Å²) in [6, 6.07) is 4.05. The lowest BCUT2D eigenvalue weighted by Crippen LogP contribution is -2.26. The average molecular weight is 223 g/mol. The topological polar surface area (TPSA) is 25.2 Å². The smallest absolute Gasteiger partial charge is 0.104 e. The fourth-order valence-electron chi connectivity index (χ4n) is 2.10. The van der Waals surface area contributed by atoms with Gasteiger partial charge in [-0.1, -0.05) is 20.8 Å². The molecule has 0 spiro atoms. The van der Waals surface area contributed by atoms with Crippen molar-refractivity contribution < 1.29 is 4.42 Å². The van der Waals surface area contributed by atoms with Crippen molar-refractivity contribution in [2.45, 2.75) is 40.0 Å². The monoisotopic (exact) mass is 223 g/mol. The summed E-state index contributed by atoms with van der Waals surface area (Å²) in [7, 11) is 0. The Kier molecular flexibility index (Phi) is 6.24. The Balaban J connectivity index is 2.37. The van der Waals surface area contributed by atoms with Crippen molar-refractivity contribution in [3.05, 3.63) is 24.2 Å². The van der Waals surface area contributed by atoms with Crippen molar-refractivity contribution in [1.29, 1.82) is 0 Å². The summed E-state index contributed by atoms with van der Waals surface area (Å²) in [5, 5.41) is 3.51. The molecule has 0 saturated heterocycles. The van der Waals surface area contributed by atoms with Crippen molar-refractivity contribution in [2.75, 3.05) is 13.1 Å². The molecule has 0 fully saturated rings. The van der Waals surface area contributed by atoms with Gasteiger partial charge in [-0.2, -0.15) is 0 Å². The van der Waals surface area contributed by atoms with E-state index >= 15 is 0 Å². The van der Waals surface area contributed by atoms with Gasteiger partial charge in [-0.05, 0) is 49.9 Å². The molecule has 1 N–H and O–H groups in total. The van der Waals surface area contributed by atoms with E-state index in [0.29, 0.717) is 5.92 Å². The van der Waals surface area contributed by atoms with Gasteiger partial charge in [-0.3, -0.25) is 0 Å². The maximum Gasteiger partial charge on any atom is 0.104 e. The van der Waals surface area contributed by atoms with Gasteiger partial charge >= 0.3 is 0 Å². The number of hydrogen-bond donors (Lipinski definition) is 1. The lowest BCUT2D eigenvalue weighted by Gasteiger charge is -2.18. The molecule has 92 valence electrons. The summed E-state index contributed by atoms with van der Waals surface area (Å²) in [5.74, 6) is 2.56. The summed E-state index contributed by atoms with van der Waals surface area (Å²) in [6.07, 6.45) is 5.29. The fraction of sp³-hybridized carbons (Fsp3) is 0.714. The molecule has 1 unspecified atom stereocenters. The molecule has 0 saturated carbocycles. The van der Waals surface area contributed by atoms with Gasteiger partial charge in [-0.25, -0.2) is 0 Å². The minimum Gasteiger partial charge on any atom is -0.469 e. The third-order valence-corrected chi connectivity index (χ3v) is 2.73. The highest BCUT2D eigenvalue weighted by Crippen LogP contribution is 2.17. The van der Waals surface area contributed by atoms with Gasteiger partial charge in [-0.15, -0.1) is 0 Å². The lowest BCUT2D eigenvalue weighted by atomic mass is 9.93. The van der Waals surface area contributed by atoms with Crippen LogP contribution >= 0.6 is 0 Å². The van der Waals surface area contributed by atoms with Gasteiger partial charge in [0.15, 0.2) is 0 Å². The summed E-state index contributed by atoms with van der Waals surface area (Å²) < 4.78 is 5.42. The maximum absolute atomic E-state index is 5.42. The largest absolute Gasteiger partial charge is 0.469 e. The predicted octanol–water partition coefficient (Wildman–Crippen LogP) is 3.48. The molecule has 1 rings (SSSR count). The second kappa shape index (κ2) is 7.50. The zero-order chi connectivity index (χ0) is 11.8. The van der Waals surface area contributed by atoms with Crippen molar-refractivity contribution in [1.82, 2.24) is 5.32 Å². The standard InChI is InChI=1S/C14H25NO/c1-4-7-15-11-13(9-12(2)3)10-14-6-5-8-16-14/h5-6,8,12-13,15H,4,7,9-11H2,1-3H3. The Morgan fingerprint density at radius 2 is 2.19 bits per heavy atom. The summed E-state index contributed by atoms with van der Waals surface area (Å²) in [4.78, 5) is 0. The summed E-state index contributed by atoms with van der Waals surface area (Å²) >= 11 is 0. The highest BCUT2D eigenvalue weighted by molar-refractivity contribution is 4.99. The highest BCUT2D eigenvalue weighted by atomic mass is 16.3. The van der Waals surface area contributed by atoms with Crippen LogP contribution in [0, 0.1) is 11.8 Å². The van der Waals surface area contributed by atoms with Crippen LogP contribution in [0.5, 0.6) is 0 Å². The molecule has 0 radical (unpaired) electrons. The Morgan fingerprint density at radius 3 is 2.75 bits per heavy atom. The molecular formula is C14H25NO. The van der Waals surface area contributed by atoms with E-state index in [2.05, 4.69) is 32.2 Å². The lowest BCUT2D eigenvalue weighted by molar-refractivity contribution is 0.358. The molecule has 0 aliphatic heterocycles. The van der Waals surface area contributed by atoms with Crippen LogP contribution in [0.4, 0.5) is 0 Å². The summed E-state index contributed by atoms with van der Waals surface area (Å²) in [6.45, 7) is 9.00. The molecule has 1 atom stereocenters. The van der Waals surface area contributed by atoms with Crippen molar-refractivity contribution in [3.8, 4) is 0 Å². The summed E-state index contributed by atoms with van der Waals surface area (Å²) in [5.41, 5.74) is 0. The Morgan fingerprint density at radius 1 is 1.38 bits per heavy atom. The first kappa shape index (κ1) is 13.3. The number of nitrogens with one attached hydrogen (secondary N) is 1. The van der Waals surface area contributed by atoms with Crippen LogP contribution in [0.15, 0.2) is 22.8 Å². The van der Waals surface area contributed by atoms with E-state index in [0.717, 1.165) is 31.2 Å². The molecular weight excluding hydrogens is 198 g/mol. The zero-order valence-electron chi connectivity index (χ0n) is 10.8. The molecule has 1 aromatic rings. The van der Waals surface area contributed by atoms with Crippen LogP contribution in [0.1, 0.15) is 39.4 Å². The van der Waals surface area contributed by atoms with Crippen LogP contribution in [-0.2, 0) is 6.42 Å². The predicted molar refractivity (Wildman–Crippen MR) is 68.5 cm³/mol. The Bertz CT molecular complexity index is 254. The Labute approximate surface area is 99.4 Å². The fourth-order valence-corrected chi connectivity index (χ4v) is 2.10. The van der Waals surface area contributed by atoms with E-state index in [9.17, 15) is 0 Å². The normalized spacial score (nSPS) is 13.2. The quantitative estimate of drug-likeness (QED) is 0.682. The first-order chi connectivity index (χ1) is 7.72. The molecule has 0 amide bonds. The Hall–Kier alpha value is -0.760. The highest BCUT2D eigenvalue weighted by Gasteiger charge is 2.12. The minimum atomic E-state index is 0.692. The second-order valence-electron chi connectivity index (χ2n) is 4.98. The van der Waals surface area contributed by atoms with Crippen molar-refractivity contribution in [3.63, 3.8) is 0 Å². The van der Waals surface area contributed by atoms with E-state index in [1.807, 2.05) is 6.07 Å². The van der Waals surface area contributed by atoms with Crippen LogP contribution in [0.3, 0.4) is 0 Å². The molecule has 0 bridgehead atoms. The van der Waals surface area contributed by atoms with Crippen LogP contribution in [0.25, 0.3) is 0 Å². The van der Waals surface area contributed by atoms with Gasteiger partial charge in [0.05, 0.1) is 6.26 Å². The zero-order valence-corrected chi connectivity index (χ0v) is 10.8. The van der Waals surface area contributed by atoms with Gasteiger partial charge in [0.1, 0.15) is 5.76 Å². The second-order valence-corrected chi connectivity index (χ2v) is 4.98. The van der Waals surface area contributed by atoms with E-state index in [-0.39, 0.29) is 0 Å². The first-order valence-corrected chi connectivity index (χ1v) is 6.45. The number of furan rings is 1. The van der Waals surface area contributed by atoms with Crippen LogP contribution < -0.4 is 5.32 Å². The minimum absolute atomic E-state index is 0.692. The molecule has 0 aromatic carbocycles. The third-order valence-electron chi connectivity index (χ3n) is 2.73. The molecule has 1 aromatic heterocycles. The van der Waals surface area contributed by atoms with E-state index in [4.69, 9.17) is 4.42 Å². The van der Waals surface area contributed by atoms with Crippen molar-refractivity contribution >= 4 is 0 Å². The number of rotatable bonds is 8. The van der Waals surface area contributed by atoms with Gasteiger partial charge in [0, 0.05) is 6.42 Å². The molecule has 2 heteroatoms. The molecule has 1 heterocycles. The van der Waals surface area contributed by atoms with Crippen LogP contribution in [0.2, 0.25) is 0 Å². The van der Waals surface area contributed by atoms with Gasteiger partial charge in [0.25, 0.3) is 0 Å². The van der Waals surface area contributed by atoms with E-state index in [1.54, 1.807) is 6.26 Å². The first-order valence-electron chi connectivity index (χ1n) is 6.45. The van der Waals surface area contributed by atoms with E-state index < -0.39 is 0 Å². The molecule has 0 aliphatic carbocycles. The number of hydrogen-bond acceptors (Lipinski definition) is 2. The molecule has 0 aliphatic rings.